The van der Waals surface area contributed by atoms with Crippen LogP contribution in [0.4, 0.5) is 5.82 Å². The average Bonchev–Trinajstić information content (AvgIpc) is 3.33. The van der Waals surface area contributed by atoms with Gasteiger partial charge in [0.2, 0.25) is 0 Å². The van der Waals surface area contributed by atoms with Crippen LogP contribution in [-0.4, -0.2) is 25.8 Å². The molecule has 4 rings (SSSR count). The molecule has 1 aliphatic carbocycles. The van der Waals surface area contributed by atoms with Crippen molar-refractivity contribution in [3.8, 4) is 0 Å². The number of carbonyl (C=O) groups excluding carboxylic acids is 1. The van der Waals surface area contributed by atoms with E-state index in [1.54, 1.807) is 24.5 Å². The van der Waals surface area contributed by atoms with Gasteiger partial charge in [-0.15, -0.1) is 11.8 Å². The summed E-state index contributed by atoms with van der Waals surface area (Å²) in [6, 6.07) is 5.45. The standard InChI is InChI=1S/C22H27N5O2S/c1-15-19(16(2)29-26-15)14-30-22-18(9-6-11-23-22)21(28)25-20-10-12-24-27(20)13-17-7-4-3-5-8-17/h6,9-12,17H,3-5,7-8,13-14H2,1-2H3,(H,25,28). The van der Waals surface area contributed by atoms with Gasteiger partial charge >= 0.3 is 0 Å². The van der Waals surface area contributed by atoms with Crippen LogP contribution in [0.15, 0.2) is 40.1 Å². The van der Waals surface area contributed by atoms with E-state index in [0.717, 1.165) is 29.4 Å². The minimum Gasteiger partial charge on any atom is -0.361 e. The zero-order valence-electron chi connectivity index (χ0n) is 17.4. The van der Waals surface area contributed by atoms with Gasteiger partial charge in [0.25, 0.3) is 5.91 Å². The van der Waals surface area contributed by atoms with Crippen LogP contribution in [0.1, 0.15) is 59.5 Å². The average molecular weight is 426 g/mol. The van der Waals surface area contributed by atoms with Gasteiger partial charge in [-0.25, -0.2) is 9.67 Å². The van der Waals surface area contributed by atoms with Crippen molar-refractivity contribution in [2.24, 2.45) is 5.92 Å². The van der Waals surface area contributed by atoms with Crippen molar-refractivity contribution in [2.45, 2.75) is 63.3 Å². The second-order valence-electron chi connectivity index (χ2n) is 7.80. The second-order valence-corrected chi connectivity index (χ2v) is 8.77. The Morgan fingerprint density at radius 2 is 2.07 bits per heavy atom. The van der Waals surface area contributed by atoms with Crippen molar-refractivity contribution in [2.75, 3.05) is 5.32 Å². The molecule has 3 aromatic rings. The third kappa shape index (κ3) is 4.75. The van der Waals surface area contributed by atoms with Crippen LogP contribution in [0.25, 0.3) is 0 Å². The number of nitrogens with one attached hydrogen (secondary N) is 1. The molecule has 1 aliphatic rings. The van der Waals surface area contributed by atoms with E-state index in [1.807, 2.05) is 24.6 Å². The maximum absolute atomic E-state index is 13.0. The maximum Gasteiger partial charge on any atom is 0.259 e. The van der Waals surface area contributed by atoms with Gasteiger partial charge in [-0.3, -0.25) is 4.79 Å². The van der Waals surface area contributed by atoms with Gasteiger partial charge < -0.3 is 9.84 Å². The number of hydrogen-bond donors (Lipinski definition) is 1. The van der Waals surface area contributed by atoms with Crippen LogP contribution in [0.5, 0.6) is 0 Å². The Hall–Kier alpha value is -2.61. The lowest BCUT2D eigenvalue weighted by molar-refractivity contribution is 0.102. The molecule has 0 spiro atoms. The predicted molar refractivity (Wildman–Crippen MR) is 117 cm³/mol. The number of nitrogens with zero attached hydrogens (tertiary/aromatic N) is 4. The van der Waals surface area contributed by atoms with Gasteiger partial charge in [-0.2, -0.15) is 5.10 Å². The van der Waals surface area contributed by atoms with Gasteiger partial charge in [0.05, 0.1) is 17.5 Å². The van der Waals surface area contributed by atoms with Crippen LogP contribution >= 0.6 is 11.8 Å². The first-order chi connectivity index (χ1) is 14.6. The Bertz CT molecular complexity index is 987. The number of aromatic nitrogens is 4. The van der Waals surface area contributed by atoms with Crippen molar-refractivity contribution in [1.82, 2.24) is 19.9 Å². The molecule has 0 aliphatic heterocycles. The fourth-order valence-corrected chi connectivity index (χ4v) is 5.05. The highest BCUT2D eigenvalue weighted by molar-refractivity contribution is 7.98. The van der Waals surface area contributed by atoms with E-state index >= 15 is 0 Å². The molecule has 0 aromatic carbocycles. The van der Waals surface area contributed by atoms with Crippen molar-refractivity contribution in [3.63, 3.8) is 0 Å². The fraction of sp³-hybridized carbons (Fsp3) is 0.455. The van der Waals surface area contributed by atoms with Crippen LogP contribution < -0.4 is 5.32 Å². The molecule has 30 heavy (non-hydrogen) atoms. The number of pyridine rings is 1. The summed E-state index contributed by atoms with van der Waals surface area (Å²) in [5, 5.41) is 12.1. The molecular weight excluding hydrogens is 398 g/mol. The van der Waals surface area contributed by atoms with Gasteiger partial charge in [0, 0.05) is 30.1 Å². The highest BCUT2D eigenvalue weighted by atomic mass is 32.2. The fourth-order valence-electron chi connectivity index (χ4n) is 3.91. The van der Waals surface area contributed by atoms with Gasteiger partial charge in [0.1, 0.15) is 16.6 Å². The van der Waals surface area contributed by atoms with E-state index in [4.69, 9.17) is 4.52 Å². The van der Waals surface area contributed by atoms with Crippen molar-refractivity contribution in [1.29, 1.82) is 0 Å². The summed E-state index contributed by atoms with van der Waals surface area (Å²) in [6.07, 6.45) is 9.82. The van der Waals surface area contributed by atoms with E-state index in [2.05, 4.69) is 20.6 Å². The molecule has 1 amide bonds. The zero-order chi connectivity index (χ0) is 20.9. The topological polar surface area (TPSA) is 85.8 Å². The molecule has 0 radical (unpaired) electrons. The molecule has 158 valence electrons. The summed E-state index contributed by atoms with van der Waals surface area (Å²) in [5.74, 6) is 2.64. The monoisotopic (exact) mass is 425 g/mol. The lowest BCUT2D eigenvalue weighted by Crippen LogP contribution is -2.20. The SMILES string of the molecule is Cc1noc(C)c1CSc1ncccc1C(=O)Nc1ccnn1CC1CCCCC1. The van der Waals surface area contributed by atoms with E-state index in [0.29, 0.717) is 22.3 Å². The molecular formula is C22H27N5O2S. The number of anilines is 1. The molecule has 0 bridgehead atoms. The third-order valence-electron chi connectivity index (χ3n) is 5.66. The second kappa shape index (κ2) is 9.47. The summed E-state index contributed by atoms with van der Waals surface area (Å²) >= 11 is 1.51. The van der Waals surface area contributed by atoms with E-state index < -0.39 is 0 Å². The van der Waals surface area contributed by atoms with E-state index in [1.165, 1.54) is 43.9 Å². The van der Waals surface area contributed by atoms with Gasteiger partial charge in [-0.05, 0) is 44.7 Å². The third-order valence-corrected chi connectivity index (χ3v) is 6.70. The Labute approximate surface area is 180 Å². The lowest BCUT2D eigenvalue weighted by atomic mass is 9.89. The predicted octanol–water partition coefficient (Wildman–Crippen LogP) is 5.01. The molecule has 3 heterocycles. The maximum atomic E-state index is 13.0. The summed E-state index contributed by atoms with van der Waals surface area (Å²) in [6.45, 7) is 4.67. The number of rotatable bonds is 7. The lowest BCUT2D eigenvalue weighted by Gasteiger charge is -2.22. The van der Waals surface area contributed by atoms with Crippen LogP contribution in [0.2, 0.25) is 0 Å². The largest absolute Gasteiger partial charge is 0.361 e. The molecule has 1 fully saturated rings. The molecule has 3 aromatic heterocycles. The van der Waals surface area contributed by atoms with Crippen molar-refractivity contribution in [3.05, 3.63) is 53.2 Å². The molecule has 1 saturated carbocycles. The summed E-state index contributed by atoms with van der Waals surface area (Å²) in [5.41, 5.74) is 2.47. The summed E-state index contributed by atoms with van der Waals surface area (Å²) in [4.78, 5) is 17.5. The summed E-state index contributed by atoms with van der Waals surface area (Å²) < 4.78 is 7.15. The molecule has 1 N–H and O–H groups in total. The number of thioether (sulfide) groups is 1. The Kier molecular flexibility index (Phi) is 6.52. The number of carbonyl (C=O) groups is 1. The smallest absolute Gasteiger partial charge is 0.259 e. The van der Waals surface area contributed by atoms with Crippen LogP contribution in [-0.2, 0) is 12.3 Å². The molecule has 7 nitrogen and oxygen atoms in total. The van der Waals surface area contributed by atoms with E-state index in [9.17, 15) is 4.79 Å². The van der Waals surface area contributed by atoms with Crippen molar-refractivity contribution >= 4 is 23.5 Å². The minimum absolute atomic E-state index is 0.172. The highest BCUT2D eigenvalue weighted by Gasteiger charge is 2.19. The van der Waals surface area contributed by atoms with Gasteiger partial charge in [0.15, 0.2) is 0 Å². The quantitative estimate of drug-likeness (QED) is 0.536. The number of hydrogen-bond acceptors (Lipinski definition) is 6. The summed E-state index contributed by atoms with van der Waals surface area (Å²) in [7, 11) is 0. The number of aryl methyl sites for hydroxylation is 2. The molecule has 0 unspecified atom stereocenters. The normalized spacial score (nSPS) is 14.7. The number of amides is 1. The zero-order valence-corrected chi connectivity index (χ0v) is 18.2. The highest BCUT2D eigenvalue weighted by Crippen LogP contribution is 2.28. The molecule has 0 atom stereocenters. The molecule has 0 saturated heterocycles. The Morgan fingerprint density at radius 3 is 2.83 bits per heavy atom. The molecule has 8 heteroatoms. The Balaban J connectivity index is 1.45. The van der Waals surface area contributed by atoms with Crippen LogP contribution in [0.3, 0.4) is 0 Å². The van der Waals surface area contributed by atoms with Crippen LogP contribution in [0, 0.1) is 19.8 Å². The minimum atomic E-state index is -0.172. The van der Waals surface area contributed by atoms with Crippen molar-refractivity contribution < 1.29 is 9.32 Å². The first kappa shape index (κ1) is 20.7. The first-order valence-corrected chi connectivity index (χ1v) is 11.4. The van der Waals surface area contributed by atoms with E-state index in [-0.39, 0.29) is 5.91 Å². The Morgan fingerprint density at radius 1 is 1.23 bits per heavy atom. The van der Waals surface area contributed by atoms with Gasteiger partial charge in [-0.1, -0.05) is 24.4 Å². The first-order valence-electron chi connectivity index (χ1n) is 10.4.